The first-order chi connectivity index (χ1) is 9.35. The van der Waals surface area contributed by atoms with Crippen LogP contribution < -0.4 is 5.32 Å². The molecule has 6 heteroatoms. The lowest BCUT2D eigenvalue weighted by Gasteiger charge is -2.19. The van der Waals surface area contributed by atoms with Gasteiger partial charge in [-0.2, -0.15) is 0 Å². The summed E-state index contributed by atoms with van der Waals surface area (Å²) in [5, 5.41) is 2.49. The predicted octanol–water partition coefficient (Wildman–Crippen LogP) is 3.82. The zero-order valence-electron chi connectivity index (χ0n) is 11.5. The SMILES string of the molecule is CC(C)(C)OC(=O)NC1=COC(c2ccccc2Br)O1. The highest BCUT2D eigenvalue weighted by atomic mass is 79.9. The van der Waals surface area contributed by atoms with E-state index in [0.29, 0.717) is 0 Å². The van der Waals surface area contributed by atoms with Crippen LogP contribution >= 0.6 is 15.9 Å². The maximum atomic E-state index is 11.6. The average molecular weight is 342 g/mol. The van der Waals surface area contributed by atoms with Crippen LogP contribution in [0.3, 0.4) is 0 Å². The van der Waals surface area contributed by atoms with Crippen molar-refractivity contribution < 1.29 is 19.0 Å². The first-order valence-corrected chi connectivity index (χ1v) is 6.91. The Balaban J connectivity index is 1.93. The highest BCUT2D eigenvalue weighted by Gasteiger charge is 2.26. The zero-order valence-corrected chi connectivity index (χ0v) is 13.1. The maximum absolute atomic E-state index is 11.6. The second-order valence-electron chi connectivity index (χ2n) is 5.22. The summed E-state index contributed by atoms with van der Waals surface area (Å²) in [5.41, 5.74) is 0.274. The molecule has 1 amide bonds. The van der Waals surface area contributed by atoms with Crippen LogP contribution in [0.5, 0.6) is 0 Å². The Morgan fingerprint density at radius 2 is 2.05 bits per heavy atom. The molecule has 0 saturated heterocycles. The van der Waals surface area contributed by atoms with Crippen molar-refractivity contribution in [2.75, 3.05) is 0 Å². The van der Waals surface area contributed by atoms with E-state index < -0.39 is 18.0 Å². The molecule has 0 radical (unpaired) electrons. The molecule has 0 spiro atoms. The number of carbonyl (C=O) groups is 1. The normalized spacial score (nSPS) is 17.8. The van der Waals surface area contributed by atoms with E-state index in [-0.39, 0.29) is 5.88 Å². The molecular weight excluding hydrogens is 326 g/mol. The van der Waals surface area contributed by atoms with Crippen LogP contribution in [-0.4, -0.2) is 11.7 Å². The fourth-order valence-corrected chi connectivity index (χ4v) is 2.03. The van der Waals surface area contributed by atoms with Crippen LogP contribution in [0.15, 0.2) is 40.9 Å². The lowest BCUT2D eigenvalue weighted by molar-refractivity contribution is -0.0390. The standard InChI is InChI=1S/C14H16BrNO4/c1-14(2,3)20-13(17)16-11-8-18-12(19-11)9-6-4-5-7-10(9)15/h4-8,12H,1-3H3,(H,16,17). The fourth-order valence-electron chi connectivity index (χ4n) is 1.56. The van der Waals surface area contributed by atoms with Gasteiger partial charge in [-0.3, -0.25) is 5.32 Å². The molecule has 0 aromatic heterocycles. The molecule has 0 bridgehead atoms. The number of benzene rings is 1. The van der Waals surface area contributed by atoms with Crippen LogP contribution in [0.2, 0.25) is 0 Å². The second kappa shape index (κ2) is 5.75. The Bertz CT molecular complexity index is 536. The second-order valence-corrected chi connectivity index (χ2v) is 6.07. The Morgan fingerprint density at radius 3 is 2.70 bits per heavy atom. The van der Waals surface area contributed by atoms with E-state index in [9.17, 15) is 4.79 Å². The van der Waals surface area contributed by atoms with Gasteiger partial charge in [-0.1, -0.05) is 34.1 Å². The van der Waals surface area contributed by atoms with Gasteiger partial charge < -0.3 is 14.2 Å². The molecule has 5 nitrogen and oxygen atoms in total. The summed E-state index contributed by atoms with van der Waals surface area (Å²) in [5.74, 6) is 0.222. The Hall–Kier alpha value is -1.69. The first kappa shape index (κ1) is 14.7. The molecule has 2 rings (SSSR count). The van der Waals surface area contributed by atoms with Gasteiger partial charge in [-0.15, -0.1) is 0 Å². The van der Waals surface area contributed by atoms with Gasteiger partial charge in [0.1, 0.15) is 11.9 Å². The Morgan fingerprint density at radius 1 is 1.35 bits per heavy atom. The number of amides is 1. The van der Waals surface area contributed by atoms with E-state index in [1.54, 1.807) is 20.8 Å². The van der Waals surface area contributed by atoms with Gasteiger partial charge in [-0.25, -0.2) is 4.79 Å². The molecule has 0 fully saturated rings. The molecule has 108 valence electrons. The minimum Gasteiger partial charge on any atom is -0.453 e. The molecule has 1 atom stereocenters. The number of carbonyl (C=O) groups excluding carboxylic acids is 1. The molecule has 1 aromatic carbocycles. The van der Waals surface area contributed by atoms with Gasteiger partial charge in [0.2, 0.25) is 5.88 Å². The topological polar surface area (TPSA) is 56.8 Å². The lowest BCUT2D eigenvalue weighted by Crippen LogP contribution is -2.32. The summed E-state index contributed by atoms with van der Waals surface area (Å²) in [4.78, 5) is 11.6. The summed E-state index contributed by atoms with van der Waals surface area (Å²) in [7, 11) is 0. The van der Waals surface area contributed by atoms with E-state index >= 15 is 0 Å². The number of ether oxygens (including phenoxy) is 3. The summed E-state index contributed by atoms with van der Waals surface area (Å²) in [6.07, 6.45) is 0.184. The monoisotopic (exact) mass is 341 g/mol. The van der Waals surface area contributed by atoms with Gasteiger partial charge >= 0.3 is 6.09 Å². The van der Waals surface area contributed by atoms with Crippen molar-refractivity contribution in [2.24, 2.45) is 0 Å². The number of hydrogen-bond donors (Lipinski definition) is 1. The maximum Gasteiger partial charge on any atom is 0.414 e. The third kappa shape index (κ3) is 3.90. The van der Waals surface area contributed by atoms with Crippen LogP contribution in [0.4, 0.5) is 4.79 Å². The molecule has 0 aliphatic carbocycles. The summed E-state index contributed by atoms with van der Waals surface area (Å²) < 4.78 is 16.9. The van der Waals surface area contributed by atoms with Crippen molar-refractivity contribution in [3.05, 3.63) is 46.4 Å². The van der Waals surface area contributed by atoms with Crippen LogP contribution in [0, 0.1) is 0 Å². The number of nitrogens with one attached hydrogen (secondary N) is 1. The number of alkyl carbamates (subject to hydrolysis) is 1. The van der Waals surface area contributed by atoms with Crippen molar-refractivity contribution in [1.82, 2.24) is 5.32 Å². The lowest BCUT2D eigenvalue weighted by atomic mass is 10.2. The first-order valence-electron chi connectivity index (χ1n) is 6.12. The van der Waals surface area contributed by atoms with E-state index in [4.69, 9.17) is 14.2 Å². The number of halogens is 1. The molecule has 1 aliphatic rings. The highest BCUT2D eigenvalue weighted by Crippen LogP contribution is 2.32. The zero-order chi connectivity index (χ0) is 14.8. The van der Waals surface area contributed by atoms with E-state index in [2.05, 4.69) is 21.2 Å². The Labute approximate surface area is 126 Å². The van der Waals surface area contributed by atoms with Gasteiger partial charge in [0.15, 0.2) is 0 Å². The van der Waals surface area contributed by atoms with E-state index in [0.717, 1.165) is 10.0 Å². The molecular formula is C14H16BrNO4. The minimum absolute atomic E-state index is 0.222. The quantitative estimate of drug-likeness (QED) is 0.888. The third-order valence-electron chi connectivity index (χ3n) is 2.32. The van der Waals surface area contributed by atoms with Crippen molar-refractivity contribution >= 4 is 22.0 Å². The van der Waals surface area contributed by atoms with Gasteiger partial charge in [0.25, 0.3) is 6.29 Å². The number of hydrogen-bond acceptors (Lipinski definition) is 4. The van der Waals surface area contributed by atoms with Gasteiger partial charge in [0, 0.05) is 10.0 Å². The minimum atomic E-state index is -0.587. The van der Waals surface area contributed by atoms with Gasteiger partial charge in [0.05, 0.1) is 0 Å². The van der Waals surface area contributed by atoms with Crippen molar-refractivity contribution in [1.29, 1.82) is 0 Å². The molecule has 1 aromatic rings. The number of rotatable bonds is 2. The predicted molar refractivity (Wildman–Crippen MR) is 76.5 cm³/mol. The largest absolute Gasteiger partial charge is 0.453 e. The van der Waals surface area contributed by atoms with Gasteiger partial charge in [-0.05, 0) is 26.8 Å². The average Bonchev–Trinajstić information content (AvgIpc) is 2.75. The van der Waals surface area contributed by atoms with Crippen LogP contribution in [0.25, 0.3) is 0 Å². The van der Waals surface area contributed by atoms with Crippen LogP contribution in [0.1, 0.15) is 32.6 Å². The third-order valence-corrected chi connectivity index (χ3v) is 3.04. The van der Waals surface area contributed by atoms with Crippen LogP contribution in [-0.2, 0) is 14.2 Å². The van der Waals surface area contributed by atoms with Crippen molar-refractivity contribution in [2.45, 2.75) is 32.7 Å². The Kier molecular flexibility index (Phi) is 4.23. The summed E-state index contributed by atoms with van der Waals surface area (Å²) in [6, 6.07) is 7.54. The summed E-state index contributed by atoms with van der Waals surface area (Å²) in [6.45, 7) is 5.37. The molecule has 0 saturated carbocycles. The summed E-state index contributed by atoms with van der Waals surface area (Å²) >= 11 is 3.42. The van der Waals surface area contributed by atoms with E-state index in [1.165, 1.54) is 6.26 Å². The molecule has 1 heterocycles. The fraction of sp³-hybridized carbons (Fsp3) is 0.357. The smallest absolute Gasteiger partial charge is 0.414 e. The molecule has 20 heavy (non-hydrogen) atoms. The highest BCUT2D eigenvalue weighted by molar-refractivity contribution is 9.10. The van der Waals surface area contributed by atoms with Crippen molar-refractivity contribution in [3.63, 3.8) is 0 Å². The molecule has 1 N–H and O–H groups in total. The van der Waals surface area contributed by atoms with Crippen molar-refractivity contribution in [3.8, 4) is 0 Å². The molecule has 1 unspecified atom stereocenters. The van der Waals surface area contributed by atoms with E-state index in [1.807, 2.05) is 24.3 Å². The molecule has 1 aliphatic heterocycles.